The molecule has 1 amide bonds. The Kier molecular flexibility index (Phi) is 4.92. The van der Waals surface area contributed by atoms with Gasteiger partial charge in [-0.05, 0) is 50.5 Å². The first-order chi connectivity index (χ1) is 11.5. The monoisotopic (exact) mass is 333 g/mol. The lowest BCUT2D eigenvalue weighted by atomic mass is 9.75. The van der Waals surface area contributed by atoms with Crippen molar-refractivity contribution in [3.05, 3.63) is 18.0 Å². The summed E-state index contributed by atoms with van der Waals surface area (Å²) in [5, 5.41) is 16.9. The Morgan fingerprint density at radius 2 is 1.96 bits per heavy atom. The number of rotatable bonds is 5. The van der Waals surface area contributed by atoms with Crippen LogP contribution in [0.3, 0.4) is 0 Å². The van der Waals surface area contributed by atoms with E-state index in [9.17, 15) is 14.7 Å². The van der Waals surface area contributed by atoms with Gasteiger partial charge < -0.3 is 10.4 Å². The number of nitrogens with zero attached hydrogens (tertiary/aromatic N) is 2. The van der Waals surface area contributed by atoms with Gasteiger partial charge in [0, 0.05) is 6.20 Å². The summed E-state index contributed by atoms with van der Waals surface area (Å²) in [5.74, 6) is -0.735. The van der Waals surface area contributed by atoms with Crippen LogP contribution in [0.5, 0.6) is 0 Å². The Morgan fingerprint density at radius 1 is 1.29 bits per heavy atom. The van der Waals surface area contributed by atoms with E-state index in [1.807, 2.05) is 10.9 Å². The summed E-state index contributed by atoms with van der Waals surface area (Å²) in [6, 6.07) is 2.07. The van der Waals surface area contributed by atoms with Gasteiger partial charge in [-0.1, -0.05) is 26.2 Å². The predicted octanol–water partition coefficient (Wildman–Crippen LogP) is 3.15. The molecule has 0 saturated heterocycles. The number of carbonyl (C=O) groups excluding carboxylic acids is 1. The molecule has 1 heterocycles. The molecule has 0 aromatic carbocycles. The van der Waals surface area contributed by atoms with E-state index in [1.54, 1.807) is 6.07 Å². The van der Waals surface area contributed by atoms with Crippen molar-refractivity contribution in [2.75, 3.05) is 0 Å². The number of carboxylic acids is 1. The lowest BCUT2D eigenvalue weighted by molar-refractivity contribution is -0.146. The number of aromatic nitrogens is 2. The third-order valence-corrected chi connectivity index (χ3v) is 5.84. The highest BCUT2D eigenvalue weighted by Crippen LogP contribution is 2.34. The number of hydrogen-bond donors (Lipinski definition) is 2. The molecule has 2 aliphatic carbocycles. The Labute approximate surface area is 142 Å². The number of amides is 1. The predicted molar refractivity (Wildman–Crippen MR) is 89.8 cm³/mol. The minimum Gasteiger partial charge on any atom is -0.480 e. The van der Waals surface area contributed by atoms with Crippen molar-refractivity contribution in [2.24, 2.45) is 5.92 Å². The Bertz CT molecular complexity index is 596. The van der Waals surface area contributed by atoms with Crippen LogP contribution in [0.1, 0.15) is 81.2 Å². The molecule has 1 aromatic rings. The van der Waals surface area contributed by atoms with Gasteiger partial charge in [-0.25, -0.2) is 4.79 Å². The van der Waals surface area contributed by atoms with Crippen LogP contribution in [0.15, 0.2) is 12.3 Å². The molecular formula is C18H27N3O3. The topological polar surface area (TPSA) is 84.2 Å². The van der Waals surface area contributed by atoms with Gasteiger partial charge in [0.05, 0.1) is 6.04 Å². The molecule has 0 aliphatic heterocycles. The third-order valence-electron chi connectivity index (χ3n) is 5.84. The van der Waals surface area contributed by atoms with Gasteiger partial charge >= 0.3 is 5.97 Å². The molecule has 0 spiro atoms. The van der Waals surface area contributed by atoms with Gasteiger partial charge in [0.15, 0.2) is 0 Å². The smallest absolute Gasteiger partial charge is 0.329 e. The highest BCUT2D eigenvalue weighted by atomic mass is 16.4. The SMILES string of the molecule is CCC1CCC(NC(=O)c2ccn(C3CCCC3)n2)(C(=O)O)CC1. The molecule has 0 bridgehead atoms. The van der Waals surface area contributed by atoms with E-state index in [2.05, 4.69) is 17.3 Å². The van der Waals surface area contributed by atoms with Gasteiger partial charge in [0.2, 0.25) is 0 Å². The van der Waals surface area contributed by atoms with Crippen LogP contribution in [-0.2, 0) is 4.79 Å². The average molecular weight is 333 g/mol. The molecule has 6 nitrogen and oxygen atoms in total. The largest absolute Gasteiger partial charge is 0.480 e. The lowest BCUT2D eigenvalue weighted by Crippen LogP contribution is -2.56. The Balaban J connectivity index is 1.69. The summed E-state index contributed by atoms with van der Waals surface area (Å²) < 4.78 is 1.86. The molecule has 2 saturated carbocycles. The molecular weight excluding hydrogens is 306 g/mol. The first-order valence-corrected chi connectivity index (χ1v) is 9.15. The van der Waals surface area contributed by atoms with Crippen molar-refractivity contribution in [3.8, 4) is 0 Å². The van der Waals surface area contributed by atoms with Gasteiger partial charge in [-0.2, -0.15) is 5.10 Å². The fourth-order valence-corrected chi connectivity index (χ4v) is 4.08. The lowest BCUT2D eigenvalue weighted by Gasteiger charge is -2.37. The van der Waals surface area contributed by atoms with Crippen molar-refractivity contribution in [1.29, 1.82) is 0 Å². The van der Waals surface area contributed by atoms with E-state index in [0.29, 0.717) is 30.5 Å². The molecule has 6 heteroatoms. The maximum absolute atomic E-state index is 12.6. The second-order valence-electron chi connectivity index (χ2n) is 7.31. The van der Waals surface area contributed by atoms with Gasteiger partial charge in [0.25, 0.3) is 5.91 Å². The second-order valence-corrected chi connectivity index (χ2v) is 7.31. The zero-order valence-electron chi connectivity index (χ0n) is 14.3. The van der Waals surface area contributed by atoms with Crippen LogP contribution in [-0.4, -0.2) is 32.3 Å². The van der Waals surface area contributed by atoms with Crippen molar-refractivity contribution in [1.82, 2.24) is 15.1 Å². The van der Waals surface area contributed by atoms with E-state index in [-0.39, 0.29) is 5.91 Å². The second kappa shape index (κ2) is 6.95. The average Bonchev–Trinajstić information content (AvgIpc) is 3.26. The molecule has 1 aromatic heterocycles. The van der Waals surface area contributed by atoms with Crippen LogP contribution in [0.25, 0.3) is 0 Å². The normalized spacial score (nSPS) is 28.0. The summed E-state index contributed by atoms with van der Waals surface area (Å²) >= 11 is 0. The number of carboxylic acid groups (broad SMARTS) is 1. The third kappa shape index (κ3) is 3.32. The van der Waals surface area contributed by atoms with Gasteiger partial charge in [-0.15, -0.1) is 0 Å². The van der Waals surface area contributed by atoms with E-state index in [1.165, 1.54) is 12.8 Å². The minimum absolute atomic E-state index is 0.320. The van der Waals surface area contributed by atoms with Crippen molar-refractivity contribution in [3.63, 3.8) is 0 Å². The zero-order chi connectivity index (χ0) is 17.2. The van der Waals surface area contributed by atoms with Crippen LogP contribution >= 0.6 is 0 Å². The van der Waals surface area contributed by atoms with Gasteiger partial charge in [-0.3, -0.25) is 9.48 Å². The van der Waals surface area contributed by atoms with E-state index >= 15 is 0 Å². The quantitative estimate of drug-likeness (QED) is 0.867. The maximum atomic E-state index is 12.6. The fourth-order valence-electron chi connectivity index (χ4n) is 4.08. The first kappa shape index (κ1) is 17.0. The minimum atomic E-state index is -1.14. The molecule has 0 radical (unpaired) electrons. The van der Waals surface area contributed by atoms with E-state index < -0.39 is 11.5 Å². The molecule has 0 unspecified atom stereocenters. The molecule has 2 aliphatic rings. The molecule has 2 N–H and O–H groups in total. The molecule has 2 fully saturated rings. The summed E-state index contributed by atoms with van der Waals surface area (Å²) in [6.45, 7) is 2.13. The number of aliphatic carboxylic acids is 1. The van der Waals surface area contributed by atoms with Crippen LogP contribution in [0.2, 0.25) is 0 Å². The zero-order valence-corrected chi connectivity index (χ0v) is 14.3. The summed E-state index contributed by atoms with van der Waals surface area (Å²) in [7, 11) is 0. The molecule has 132 valence electrons. The molecule has 3 rings (SSSR count). The fraction of sp³-hybridized carbons (Fsp3) is 0.722. The number of carbonyl (C=O) groups is 2. The number of nitrogens with one attached hydrogen (secondary N) is 1. The van der Waals surface area contributed by atoms with Crippen molar-refractivity contribution < 1.29 is 14.7 Å². The van der Waals surface area contributed by atoms with Crippen molar-refractivity contribution in [2.45, 2.75) is 76.3 Å². The summed E-state index contributed by atoms with van der Waals surface area (Å²) in [6.07, 6.45) is 10.2. The van der Waals surface area contributed by atoms with Crippen LogP contribution in [0, 0.1) is 5.92 Å². The summed E-state index contributed by atoms with van der Waals surface area (Å²) in [5.41, 5.74) is -0.819. The highest BCUT2D eigenvalue weighted by Gasteiger charge is 2.43. The van der Waals surface area contributed by atoms with Crippen LogP contribution < -0.4 is 5.32 Å². The van der Waals surface area contributed by atoms with E-state index in [4.69, 9.17) is 0 Å². The molecule has 0 atom stereocenters. The number of hydrogen-bond acceptors (Lipinski definition) is 3. The van der Waals surface area contributed by atoms with Crippen molar-refractivity contribution >= 4 is 11.9 Å². The standard InChI is InChI=1S/C18H27N3O3/c1-2-13-7-10-18(11-8-13,17(23)24)19-16(22)15-9-12-21(20-15)14-5-3-4-6-14/h9,12-14H,2-8,10-11H2,1H3,(H,19,22)(H,23,24). The maximum Gasteiger partial charge on any atom is 0.329 e. The molecule has 24 heavy (non-hydrogen) atoms. The first-order valence-electron chi connectivity index (χ1n) is 9.15. The Hall–Kier alpha value is -1.85. The van der Waals surface area contributed by atoms with E-state index in [0.717, 1.165) is 32.1 Å². The van der Waals surface area contributed by atoms with Crippen LogP contribution in [0.4, 0.5) is 0 Å². The Morgan fingerprint density at radius 3 is 2.54 bits per heavy atom. The van der Waals surface area contributed by atoms with Gasteiger partial charge in [0.1, 0.15) is 11.2 Å². The summed E-state index contributed by atoms with van der Waals surface area (Å²) in [4.78, 5) is 24.4. The highest BCUT2D eigenvalue weighted by molar-refractivity contribution is 5.96.